The molecule has 1 fully saturated rings. The van der Waals surface area contributed by atoms with E-state index in [-0.39, 0.29) is 30.2 Å². The maximum Gasteiger partial charge on any atom is 0.212 e. The van der Waals surface area contributed by atoms with Crippen molar-refractivity contribution in [3.05, 3.63) is 0 Å². The smallest absolute Gasteiger partial charge is 0.212 e. The fourth-order valence-electron chi connectivity index (χ4n) is 2.05. The first-order valence-corrected chi connectivity index (χ1v) is 9.78. The quantitative estimate of drug-likeness (QED) is 0.590. The summed E-state index contributed by atoms with van der Waals surface area (Å²) in [6, 6.07) is 0. The minimum atomic E-state index is -3.58. The van der Waals surface area contributed by atoms with Crippen molar-refractivity contribution in [1.29, 1.82) is 0 Å². The maximum absolute atomic E-state index is 11.7. The largest absolute Gasteiger partial charge is 0.383 e. The minimum Gasteiger partial charge on any atom is -0.383 e. The highest BCUT2D eigenvalue weighted by molar-refractivity contribution is 7.93. The molecule has 0 aromatic rings. The second-order valence-corrected chi connectivity index (χ2v) is 9.20. The van der Waals surface area contributed by atoms with E-state index in [9.17, 15) is 16.8 Å². The third kappa shape index (κ3) is 7.19. The van der Waals surface area contributed by atoms with Crippen LogP contribution in [0, 0.1) is 0 Å². The van der Waals surface area contributed by atoms with Crippen LogP contribution < -0.4 is 10.0 Å². The molecule has 10 heteroatoms. The number of sulfone groups is 1. The molecule has 0 bridgehead atoms. The number of ether oxygens (including phenoxy) is 1. The summed E-state index contributed by atoms with van der Waals surface area (Å²) in [6.45, 7) is 1.46. The molecule has 1 rings (SSSR count). The molecule has 0 aromatic heterocycles. The Morgan fingerprint density at radius 3 is 2.35 bits per heavy atom. The molecule has 1 aliphatic heterocycles. The molecule has 0 radical (unpaired) electrons. The molecule has 1 atom stereocenters. The van der Waals surface area contributed by atoms with Crippen molar-refractivity contribution in [2.75, 3.05) is 44.6 Å². The molecule has 0 aromatic carbocycles. The number of nitrogens with one attached hydrogen (secondary N) is 2. The van der Waals surface area contributed by atoms with Crippen LogP contribution in [0.4, 0.5) is 0 Å². The van der Waals surface area contributed by atoms with Crippen LogP contribution in [0.5, 0.6) is 0 Å². The van der Waals surface area contributed by atoms with Crippen molar-refractivity contribution >= 4 is 32.3 Å². The van der Waals surface area contributed by atoms with Crippen LogP contribution in [0.1, 0.15) is 12.8 Å². The number of halogens is 1. The number of sulfonamides is 1. The number of hydrogen-bond acceptors (Lipinski definition) is 6. The molecule has 1 saturated heterocycles. The predicted molar refractivity (Wildman–Crippen MR) is 80.6 cm³/mol. The predicted octanol–water partition coefficient (Wildman–Crippen LogP) is -0.859. The third-order valence-electron chi connectivity index (χ3n) is 3.11. The summed E-state index contributed by atoms with van der Waals surface area (Å²) < 4.78 is 53.0. The van der Waals surface area contributed by atoms with E-state index in [1.54, 1.807) is 7.11 Å². The second-order valence-electron chi connectivity index (χ2n) is 5.01. The lowest BCUT2D eigenvalue weighted by atomic mass is 9.99. The van der Waals surface area contributed by atoms with Crippen molar-refractivity contribution in [3.63, 3.8) is 0 Å². The zero-order valence-corrected chi connectivity index (χ0v) is 14.2. The molecule has 0 saturated carbocycles. The minimum absolute atomic E-state index is 0. The highest BCUT2D eigenvalue weighted by Gasteiger charge is 2.34. The average molecular weight is 351 g/mol. The topological polar surface area (TPSA) is 102 Å². The normalized spacial score (nSPS) is 23.5. The standard InChI is InChI=1S/C10H22N2O5S2.ClH/c1-17-9-10(4-3-5-11-10)8-12-19(15,16)7-6-18(2,13)14;/h11-12H,3-9H2,1-2H3;1H. The summed E-state index contributed by atoms with van der Waals surface area (Å²) >= 11 is 0. The van der Waals surface area contributed by atoms with Gasteiger partial charge >= 0.3 is 0 Å². The van der Waals surface area contributed by atoms with Crippen LogP contribution in [-0.2, 0) is 24.6 Å². The van der Waals surface area contributed by atoms with Gasteiger partial charge in [0, 0.05) is 19.9 Å². The van der Waals surface area contributed by atoms with Gasteiger partial charge in [-0.3, -0.25) is 0 Å². The van der Waals surface area contributed by atoms with E-state index in [0.717, 1.165) is 25.6 Å². The summed E-state index contributed by atoms with van der Waals surface area (Å²) in [4.78, 5) is 0. The molecular weight excluding hydrogens is 328 g/mol. The molecule has 1 unspecified atom stereocenters. The van der Waals surface area contributed by atoms with Crippen molar-refractivity contribution in [3.8, 4) is 0 Å². The van der Waals surface area contributed by atoms with Gasteiger partial charge in [-0.1, -0.05) is 0 Å². The molecule has 2 N–H and O–H groups in total. The van der Waals surface area contributed by atoms with Gasteiger partial charge in [-0.2, -0.15) is 0 Å². The first-order valence-electron chi connectivity index (χ1n) is 6.07. The molecule has 0 aliphatic carbocycles. The summed E-state index contributed by atoms with van der Waals surface area (Å²) in [5.41, 5.74) is -0.382. The van der Waals surface area contributed by atoms with Crippen LogP contribution in [0.3, 0.4) is 0 Å². The summed E-state index contributed by atoms with van der Waals surface area (Å²) in [5.74, 6) is -0.776. The summed E-state index contributed by atoms with van der Waals surface area (Å²) in [7, 11) is -5.29. The SMILES string of the molecule is COCC1(CNS(=O)(=O)CCS(C)(=O)=O)CCCN1.Cl. The Kier molecular flexibility index (Phi) is 7.93. The lowest BCUT2D eigenvalue weighted by molar-refractivity contribution is 0.122. The zero-order valence-electron chi connectivity index (χ0n) is 11.7. The van der Waals surface area contributed by atoms with Crippen LogP contribution in [0.15, 0.2) is 0 Å². The fourth-order valence-corrected chi connectivity index (χ4v) is 4.78. The van der Waals surface area contributed by atoms with E-state index < -0.39 is 25.6 Å². The first kappa shape index (κ1) is 20.1. The molecule has 20 heavy (non-hydrogen) atoms. The van der Waals surface area contributed by atoms with Gasteiger partial charge in [-0.05, 0) is 19.4 Å². The molecular formula is C10H23ClN2O5S2. The Balaban J connectivity index is 0.00000361. The van der Waals surface area contributed by atoms with Gasteiger partial charge in [0.15, 0.2) is 0 Å². The van der Waals surface area contributed by atoms with Gasteiger partial charge < -0.3 is 10.1 Å². The highest BCUT2D eigenvalue weighted by Crippen LogP contribution is 2.19. The first-order chi connectivity index (χ1) is 8.68. The molecule has 0 amide bonds. The van der Waals surface area contributed by atoms with E-state index in [4.69, 9.17) is 4.74 Å². The van der Waals surface area contributed by atoms with Gasteiger partial charge in [0.1, 0.15) is 9.84 Å². The third-order valence-corrected chi connectivity index (χ3v) is 5.64. The molecule has 1 heterocycles. The maximum atomic E-state index is 11.7. The van der Waals surface area contributed by atoms with E-state index in [1.165, 1.54) is 0 Å². The highest BCUT2D eigenvalue weighted by atomic mass is 35.5. The van der Waals surface area contributed by atoms with E-state index in [0.29, 0.717) is 6.61 Å². The van der Waals surface area contributed by atoms with Crippen LogP contribution in [-0.4, -0.2) is 66.9 Å². The Labute approximate surface area is 127 Å². The van der Waals surface area contributed by atoms with Gasteiger partial charge in [-0.25, -0.2) is 21.6 Å². The lowest BCUT2D eigenvalue weighted by Gasteiger charge is -2.28. The van der Waals surface area contributed by atoms with E-state index in [2.05, 4.69) is 10.0 Å². The van der Waals surface area contributed by atoms with Crippen LogP contribution >= 0.6 is 12.4 Å². The van der Waals surface area contributed by atoms with Gasteiger partial charge in [-0.15, -0.1) is 12.4 Å². The zero-order chi connectivity index (χ0) is 14.6. The van der Waals surface area contributed by atoms with Crippen molar-refractivity contribution in [1.82, 2.24) is 10.0 Å². The van der Waals surface area contributed by atoms with E-state index in [1.807, 2.05) is 0 Å². The van der Waals surface area contributed by atoms with Crippen LogP contribution in [0.2, 0.25) is 0 Å². The molecule has 0 spiro atoms. The number of rotatable bonds is 8. The Morgan fingerprint density at radius 2 is 1.90 bits per heavy atom. The van der Waals surface area contributed by atoms with Gasteiger partial charge in [0.05, 0.1) is 23.7 Å². The van der Waals surface area contributed by atoms with Crippen molar-refractivity contribution < 1.29 is 21.6 Å². The fraction of sp³-hybridized carbons (Fsp3) is 1.00. The molecule has 122 valence electrons. The Bertz CT molecular complexity index is 486. The molecule has 1 aliphatic rings. The van der Waals surface area contributed by atoms with Crippen LogP contribution in [0.25, 0.3) is 0 Å². The number of hydrogen-bond donors (Lipinski definition) is 2. The number of methoxy groups -OCH3 is 1. The molecule has 7 nitrogen and oxygen atoms in total. The Morgan fingerprint density at radius 1 is 1.25 bits per heavy atom. The van der Waals surface area contributed by atoms with Gasteiger partial charge in [0.2, 0.25) is 10.0 Å². The van der Waals surface area contributed by atoms with Crippen molar-refractivity contribution in [2.24, 2.45) is 0 Å². The van der Waals surface area contributed by atoms with Crippen molar-refractivity contribution in [2.45, 2.75) is 18.4 Å². The van der Waals surface area contributed by atoms with Gasteiger partial charge in [0.25, 0.3) is 0 Å². The summed E-state index contributed by atoms with van der Waals surface area (Å²) in [6.07, 6.45) is 2.82. The monoisotopic (exact) mass is 350 g/mol. The second kappa shape index (κ2) is 7.90. The Hall–Kier alpha value is 0.0700. The van der Waals surface area contributed by atoms with E-state index >= 15 is 0 Å². The summed E-state index contributed by atoms with van der Waals surface area (Å²) in [5, 5.41) is 3.25. The average Bonchev–Trinajstić information content (AvgIpc) is 2.73. The lowest BCUT2D eigenvalue weighted by Crippen LogP contribution is -2.53.